The number of nitrogens with zero attached hydrogens (tertiary/aromatic N) is 2. The SMILES string of the molecule is CCCCCCNC(=NC)NCc1ccc(CN2CCOCC2)cc1. The monoisotopic (exact) mass is 346 g/mol. The van der Waals surface area contributed by atoms with E-state index < -0.39 is 0 Å². The molecule has 0 aliphatic carbocycles. The number of unbranched alkanes of at least 4 members (excludes halogenated alkanes) is 3. The summed E-state index contributed by atoms with van der Waals surface area (Å²) in [6, 6.07) is 8.87. The van der Waals surface area contributed by atoms with Crippen molar-refractivity contribution in [1.29, 1.82) is 0 Å². The van der Waals surface area contributed by atoms with E-state index in [1.165, 1.54) is 36.8 Å². The molecule has 0 spiro atoms. The number of ether oxygens (including phenoxy) is 1. The van der Waals surface area contributed by atoms with Gasteiger partial charge in [0.2, 0.25) is 0 Å². The fraction of sp³-hybridized carbons (Fsp3) is 0.650. The van der Waals surface area contributed by atoms with Crippen LogP contribution in [0.5, 0.6) is 0 Å². The summed E-state index contributed by atoms with van der Waals surface area (Å²) in [7, 11) is 1.83. The van der Waals surface area contributed by atoms with Crippen LogP contribution in [0.25, 0.3) is 0 Å². The van der Waals surface area contributed by atoms with Crippen molar-refractivity contribution < 1.29 is 4.74 Å². The van der Waals surface area contributed by atoms with Crippen LogP contribution in [0.2, 0.25) is 0 Å². The summed E-state index contributed by atoms with van der Waals surface area (Å²) in [6.45, 7) is 8.80. The molecule has 1 aromatic rings. The highest BCUT2D eigenvalue weighted by Crippen LogP contribution is 2.09. The molecule has 0 aromatic heterocycles. The van der Waals surface area contributed by atoms with Crippen LogP contribution in [0.4, 0.5) is 0 Å². The minimum Gasteiger partial charge on any atom is -0.379 e. The molecule has 25 heavy (non-hydrogen) atoms. The molecule has 2 N–H and O–H groups in total. The van der Waals surface area contributed by atoms with Crippen molar-refractivity contribution in [3.8, 4) is 0 Å². The molecule has 0 radical (unpaired) electrons. The molecule has 1 aliphatic rings. The Labute approximate surface area is 152 Å². The summed E-state index contributed by atoms with van der Waals surface area (Å²) in [6.07, 6.45) is 5.06. The molecule has 5 heteroatoms. The lowest BCUT2D eigenvalue weighted by atomic mass is 10.1. The Hall–Kier alpha value is -1.59. The van der Waals surface area contributed by atoms with Crippen LogP contribution in [0.15, 0.2) is 29.3 Å². The molecule has 2 rings (SSSR count). The van der Waals surface area contributed by atoms with Gasteiger partial charge in [0.25, 0.3) is 0 Å². The summed E-state index contributed by atoms with van der Waals surface area (Å²) >= 11 is 0. The fourth-order valence-corrected chi connectivity index (χ4v) is 2.94. The molecule has 140 valence electrons. The third kappa shape index (κ3) is 7.88. The zero-order valence-corrected chi connectivity index (χ0v) is 15.9. The van der Waals surface area contributed by atoms with Gasteiger partial charge in [0.15, 0.2) is 5.96 Å². The Kier molecular flexibility index (Phi) is 9.37. The Morgan fingerprint density at radius 3 is 2.44 bits per heavy atom. The predicted molar refractivity (Wildman–Crippen MR) is 105 cm³/mol. The molecular weight excluding hydrogens is 312 g/mol. The standard InChI is InChI=1S/C20H34N4O/c1-3-4-5-6-11-22-20(21-2)23-16-18-7-9-19(10-8-18)17-24-12-14-25-15-13-24/h7-10H,3-6,11-17H2,1-2H3,(H2,21,22,23). The van der Waals surface area contributed by atoms with Crippen molar-refractivity contribution in [2.75, 3.05) is 39.9 Å². The van der Waals surface area contributed by atoms with E-state index >= 15 is 0 Å². The van der Waals surface area contributed by atoms with Crippen LogP contribution < -0.4 is 10.6 Å². The van der Waals surface area contributed by atoms with Gasteiger partial charge < -0.3 is 15.4 Å². The first kappa shape index (κ1) is 19.7. The van der Waals surface area contributed by atoms with E-state index in [-0.39, 0.29) is 0 Å². The van der Waals surface area contributed by atoms with E-state index in [4.69, 9.17) is 4.74 Å². The van der Waals surface area contributed by atoms with Crippen LogP contribution in [-0.4, -0.2) is 50.8 Å². The highest BCUT2D eigenvalue weighted by atomic mass is 16.5. The molecule has 0 unspecified atom stereocenters. The van der Waals surface area contributed by atoms with Gasteiger partial charge in [0.05, 0.1) is 13.2 Å². The summed E-state index contributed by atoms with van der Waals surface area (Å²) in [5.74, 6) is 0.883. The summed E-state index contributed by atoms with van der Waals surface area (Å²) in [5, 5.41) is 6.77. The lowest BCUT2D eigenvalue weighted by molar-refractivity contribution is 0.0342. The van der Waals surface area contributed by atoms with E-state index in [1.54, 1.807) is 0 Å². The molecule has 1 heterocycles. The normalized spacial score (nSPS) is 16.0. The van der Waals surface area contributed by atoms with Gasteiger partial charge >= 0.3 is 0 Å². The fourth-order valence-electron chi connectivity index (χ4n) is 2.94. The lowest BCUT2D eigenvalue weighted by Crippen LogP contribution is -2.37. The van der Waals surface area contributed by atoms with Crippen molar-refractivity contribution in [3.05, 3.63) is 35.4 Å². The molecule has 0 atom stereocenters. The van der Waals surface area contributed by atoms with Gasteiger partial charge in [-0.2, -0.15) is 0 Å². The van der Waals surface area contributed by atoms with Crippen molar-refractivity contribution >= 4 is 5.96 Å². The highest BCUT2D eigenvalue weighted by Gasteiger charge is 2.10. The molecule has 0 saturated carbocycles. The number of benzene rings is 1. The average Bonchev–Trinajstić information content (AvgIpc) is 2.66. The van der Waals surface area contributed by atoms with E-state index in [1.807, 2.05) is 7.05 Å². The Balaban J connectivity index is 1.68. The van der Waals surface area contributed by atoms with Crippen LogP contribution in [-0.2, 0) is 17.8 Å². The Morgan fingerprint density at radius 1 is 1.04 bits per heavy atom. The molecule has 1 aliphatic heterocycles. The molecular formula is C20H34N4O. The van der Waals surface area contributed by atoms with Gasteiger partial charge in [0, 0.05) is 39.8 Å². The minimum atomic E-state index is 0.798. The number of morpholine rings is 1. The van der Waals surface area contributed by atoms with Crippen LogP contribution in [0.1, 0.15) is 43.7 Å². The number of rotatable bonds is 9. The van der Waals surface area contributed by atoms with Crippen LogP contribution in [0, 0.1) is 0 Å². The van der Waals surface area contributed by atoms with Gasteiger partial charge in [-0.25, -0.2) is 0 Å². The first-order valence-electron chi connectivity index (χ1n) is 9.64. The van der Waals surface area contributed by atoms with Gasteiger partial charge in [-0.3, -0.25) is 9.89 Å². The summed E-state index contributed by atoms with van der Waals surface area (Å²) < 4.78 is 5.40. The summed E-state index contributed by atoms with van der Waals surface area (Å²) in [5.41, 5.74) is 2.64. The zero-order valence-electron chi connectivity index (χ0n) is 15.9. The zero-order chi connectivity index (χ0) is 17.7. The third-order valence-electron chi connectivity index (χ3n) is 4.54. The van der Waals surface area contributed by atoms with Crippen LogP contribution in [0.3, 0.4) is 0 Å². The number of aliphatic imine (C=N–C) groups is 1. The van der Waals surface area contributed by atoms with Gasteiger partial charge in [0.1, 0.15) is 0 Å². The van der Waals surface area contributed by atoms with Crippen molar-refractivity contribution in [2.24, 2.45) is 4.99 Å². The summed E-state index contributed by atoms with van der Waals surface area (Å²) in [4.78, 5) is 6.74. The molecule has 5 nitrogen and oxygen atoms in total. The van der Waals surface area contributed by atoms with E-state index in [0.717, 1.165) is 51.9 Å². The number of hydrogen-bond donors (Lipinski definition) is 2. The second-order valence-electron chi connectivity index (χ2n) is 6.62. The van der Waals surface area contributed by atoms with Gasteiger partial charge in [-0.15, -0.1) is 0 Å². The highest BCUT2D eigenvalue weighted by molar-refractivity contribution is 5.79. The molecule has 1 aromatic carbocycles. The maximum Gasteiger partial charge on any atom is 0.191 e. The Bertz CT molecular complexity index is 495. The van der Waals surface area contributed by atoms with E-state index in [9.17, 15) is 0 Å². The second-order valence-corrected chi connectivity index (χ2v) is 6.62. The largest absolute Gasteiger partial charge is 0.379 e. The predicted octanol–water partition coefficient (Wildman–Crippen LogP) is 2.76. The van der Waals surface area contributed by atoms with E-state index in [2.05, 4.69) is 51.7 Å². The maximum absolute atomic E-state index is 5.40. The molecule has 0 bridgehead atoms. The number of hydrogen-bond acceptors (Lipinski definition) is 3. The Morgan fingerprint density at radius 2 is 1.76 bits per heavy atom. The number of nitrogens with one attached hydrogen (secondary N) is 2. The first-order valence-corrected chi connectivity index (χ1v) is 9.64. The quantitative estimate of drug-likeness (QED) is 0.410. The molecule has 1 saturated heterocycles. The second kappa shape index (κ2) is 11.9. The smallest absolute Gasteiger partial charge is 0.191 e. The lowest BCUT2D eigenvalue weighted by Gasteiger charge is -2.26. The molecule has 1 fully saturated rings. The van der Waals surface area contributed by atoms with Crippen LogP contribution >= 0.6 is 0 Å². The maximum atomic E-state index is 5.40. The third-order valence-corrected chi connectivity index (χ3v) is 4.54. The first-order chi connectivity index (χ1) is 12.3. The van der Waals surface area contributed by atoms with Crippen molar-refractivity contribution in [2.45, 2.75) is 45.7 Å². The van der Waals surface area contributed by atoms with Gasteiger partial charge in [-0.05, 0) is 17.5 Å². The topological polar surface area (TPSA) is 48.9 Å². The number of guanidine groups is 1. The molecule has 0 amide bonds. The van der Waals surface area contributed by atoms with Crippen molar-refractivity contribution in [3.63, 3.8) is 0 Å². The van der Waals surface area contributed by atoms with Gasteiger partial charge in [-0.1, -0.05) is 50.5 Å². The van der Waals surface area contributed by atoms with E-state index in [0.29, 0.717) is 0 Å². The van der Waals surface area contributed by atoms with Crippen molar-refractivity contribution in [1.82, 2.24) is 15.5 Å². The minimum absolute atomic E-state index is 0.798. The average molecular weight is 347 g/mol.